The second-order valence-corrected chi connectivity index (χ2v) is 7.24. The number of benzene rings is 1. The van der Waals surface area contributed by atoms with E-state index in [-0.39, 0.29) is 12.2 Å². The molecular weight excluding hydrogens is 355 g/mol. The second-order valence-electron chi connectivity index (χ2n) is 7.24. The van der Waals surface area contributed by atoms with E-state index in [9.17, 15) is 18.8 Å². The Labute approximate surface area is 154 Å². The quantitative estimate of drug-likeness (QED) is 0.683. The van der Waals surface area contributed by atoms with Crippen LogP contribution in [0.15, 0.2) is 30.5 Å². The maximum atomic E-state index is 13.0. The Balaban J connectivity index is 1.75. The van der Waals surface area contributed by atoms with E-state index in [1.54, 1.807) is 20.8 Å². The Morgan fingerprint density at radius 1 is 1.26 bits per heavy atom. The van der Waals surface area contributed by atoms with Crippen molar-refractivity contribution in [2.75, 3.05) is 6.54 Å². The van der Waals surface area contributed by atoms with Crippen LogP contribution in [0.4, 0.5) is 9.18 Å². The molecule has 1 unspecified atom stereocenters. The van der Waals surface area contributed by atoms with E-state index in [0.29, 0.717) is 5.69 Å². The number of nitrogens with one attached hydrogen (secondary N) is 3. The van der Waals surface area contributed by atoms with E-state index < -0.39 is 34.6 Å². The smallest absolute Gasteiger partial charge is 0.322 e. The summed E-state index contributed by atoms with van der Waals surface area (Å²) in [5.74, 6) is -1.45. The van der Waals surface area contributed by atoms with Crippen LogP contribution in [0, 0.1) is 11.2 Å². The van der Waals surface area contributed by atoms with E-state index in [4.69, 9.17) is 0 Å². The van der Waals surface area contributed by atoms with E-state index in [0.717, 1.165) is 0 Å². The van der Waals surface area contributed by atoms with Gasteiger partial charge in [-0.3, -0.25) is 14.9 Å². The molecule has 3 rings (SSSR count). The summed E-state index contributed by atoms with van der Waals surface area (Å²) in [6.07, 6.45) is 1.26. The van der Waals surface area contributed by atoms with Gasteiger partial charge in [0.2, 0.25) is 0 Å². The Morgan fingerprint density at radius 2 is 1.93 bits per heavy atom. The molecule has 9 nitrogen and oxygen atoms in total. The number of carbonyl (C=O) groups is 3. The predicted octanol–water partition coefficient (Wildman–Crippen LogP) is 0.760. The largest absolute Gasteiger partial charge is 0.348 e. The summed E-state index contributed by atoms with van der Waals surface area (Å²) in [6.45, 7) is 5.25. The average molecular weight is 374 g/mol. The molecule has 1 fully saturated rings. The van der Waals surface area contributed by atoms with Gasteiger partial charge in [0, 0.05) is 0 Å². The number of aromatic nitrogens is 3. The summed E-state index contributed by atoms with van der Waals surface area (Å²) < 4.78 is 13.0. The van der Waals surface area contributed by atoms with Crippen molar-refractivity contribution in [1.29, 1.82) is 0 Å². The minimum Gasteiger partial charge on any atom is -0.348 e. The number of amides is 4. The molecule has 1 aromatic heterocycles. The molecule has 4 amide bonds. The van der Waals surface area contributed by atoms with Crippen molar-refractivity contribution in [1.82, 2.24) is 30.9 Å². The maximum Gasteiger partial charge on any atom is 0.322 e. The van der Waals surface area contributed by atoms with Crippen LogP contribution in [0.5, 0.6) is 0 Å². The lowest BCUT2D eigenvalue weighted by atomic mass is 9.73. The Kier molecular flexibility index (Phi) is 4.42. The second kappa shape index (κ2) is 6.45. The Bertz CT molecular complexity index is 902. The van der Waals surface area contributed by atoms with Gasteiger partial charge in [-0.05, 0) is 29.7 Å². The topological polar surface area (TPSA) is 118 Å². The van der Waals surface area contributed by atoms with Crippen LogP contribution in [0.1, 0.15) is 31.3 Å². The van der Waals surface area contributed by atoms with Gasteiger partial charge in [-0.1, -0.05) is 20.8 Å². The molecule has 3 N–H and O–H groups in total. The molecule has 2 aromatic rings. The summed E-state index contributed by atoms with van der Waals surface area (Å²) in [7, 11) is 0. The first-order chi connectivity index (χ1) is 12.6. The highest BCUT2D eigenvalue weighted by atomic mass is 19.1. The fourth-order valence-electron chi connectivity index (χ4n) is 2.78. The lowest BCUT2D eigenvalue weighted by Crippen LogP contribution is -2.63. The minimum absolute atomic E-state index is 0.0214. The molecular formula is C17H19FN6O3. The zero-order valence-electron chi connectivity index (χ0n) is 15.0. The summed E-state index contributed by atoms with van der Waals surface area (Å²) >= 11 is 0. The van der Waals surface area contributed by atoms with Gasteiger partial charge < -0.3 is 10.6 Å². The van der Waals surface area contributed by atoms with Gasteiger partial charge in [0.05, 0.1) is 18.4 Å². The number of imide groups is 1. The predicted molar refractivity (Wildman–Crippen MR) is 92.5 cm³/mol. The zero-order valence-corrected chi connectivity index (χ0v) is 15.0. The van der Waals surface area contributed by atoms with Gasteiger partial charge in [0.15, 0.2) is 5.69 Å². The van der Waals surface area contributed by atoms with Crippen molar-refractivity contribution < 1.29 is 18.8 Å². The summed E-state index contributed by atoms with van der Waals surface area (Å²) in [6, 6.07) is 4.86. The first-order valence-corrected chi connectivity index (χ1v) is 8.22. The maximum absolute atomic E-state index is 13.0. The van der Waals surface area contributed by atoms with Crippen LogP contribution in [0.3, 0.4) is 0 Å². The van der Waals surface area contributed by atoms with E-state index >= 15 is 0 Å². The standard InChI is InChI=1S/C17H19FN6O3/c1-16(2,3)17(14(26)21-15(27)22-17)9-19-13(25)12-8-20-24(23-12)11-6-4-10(18)5-7-11/h4-8H,9H2,1-3H3,(H,19,25)(H2,21,22,26,27). The summed E-state index contributed by atoms with van der Waals surface area (Å²) in [5.41, 5.74) is -1.42. The van der Waals surface area contributed by atoms with Gasteiger partial charge in [-0.15, -0.1) is 5.10 Å². The third-order valence-corrected chi connectivity index (χ3v) is 4.52. The van der Waals surface area contributed by atoms with Crippen molar-refractivity contribution in [2.45, 2.75) is 26.3 Å². The fourth-order valence-corrected chi connectivity index (χ4v) is 2.78. The molecule has 142 valence electrons. The highest BCUT2D eigenvalue weighted by Crippen LogP contribution is 2.32. The normalized spacial score (nSPS) is 19.6. The highest BCUT2D eigenvalue weighted by Gasteiger charge is 2.54. The van der Waals surface area contributed by atoms with Crippen molar-refractivity contribution in [2.24, 2.45) is 5.41 Å². The molecule has 10 heteroatoms. The molecule has 1 atom stereocenters. The zero-order chi connectivity index (χ0) is 19.8. The molecule has 1 aromatic carbocycles. The van der Waals surface area contributed by atoms with E-state index in [1.165, 1.54) is 35.3 Å². The number of carbonyl (C=O) groups excluding carboxylic acids is 3. The highest BCUT2D eigenvalue weighted by molar-refractivity contribution is 6.08. The lowest BCUT2D eigenvalue weighted by molar-refractivity contribution is -0.127. The molecule has 2 heterocycles. The average Bonchev–Trinajstić information content (AvgIpc) is 3.18. The van der Waals surface area contributed by atoms with E-state index in [1.807, 2.05) is 0 Å². The van der Waals surface area contributed by atoms with Crippen LogP contribution < -0.4 is 16.0 Å². The van der Waals surface area contributed by atoms with Crippen molar-refractivity contribution in [3.63, 3.8) is 0 Å². The summed E-state index contributed by atoms with van der Waals surface area (Å²) in [4.78, 5) is 37.5. The lowest BCUT2D eigenvalue weighted by Gasteiger charge is -2.38. The van der Waals surface area contributed by atoms with Gasteiger partial charge >= 0.3 is 6.03 Å². The van der Waals surface area contributed by atoms with Crippen LogP contribution >= 0.6 is 0 Å². The fraction of sp³-hybridized carbons (Fsp3) is 0.353. The first-order valence-electron chi connectivity index (χ1n) is 8.22. The molecule has 0 radical (unpaired) electrons. The Morgan fingerprint density at radius 3 is 2.48 bits per heavy atom. The molecule has 0 spiro atoms. The van der Waals surface area contributed by atoms with Crippen LogP contribution in [0.2, 0.25) is 0 Å². The van der Waals surface area contributed by atoms with E-state index in [2.05, 4.69) is 26.1 Å². The minimum atomic E-state index is -1.29. The number of rotatable bonds is 4. The monoisotopic (exact) mass is 374 g/mol. The molecule has 1 saturated heterocycles. The SMILES string of the molecule is CC(C)(C)C1(CNC(=O)c2cnn(-c3ccc(F)cc3)n2)NC(=O)NC1=O. The van der Waals surface area contributed by atoms with Gasteiger partial charge in [0.1, 0.15) is 11.4 Å². The van der Waals surface area contributed by atoms with Crippen LogP contribution in [-0.4, -0.2) is 44.9 Å². The van der Waals surface area contributed by atoms with Crippen LogP contribution in [0.25, 0.3) is 5.69 Å². The third-order valence-electron chi connectivity index (χ3n) is 4.52. The first kappa shape index (κ1) is 18.5. The summed E-state index contributed by atoms with van der Waals surface area (Å²) in [5, 5.41) is 15.5. The van der Waals surface area contributed by atoms with Gasteiger partial charge in [-0.2, -0.15) is 9.90 Å². The molecule has 1 aliphatic heterocycles. The van der Waals surface area contributed by atoms with Crippen molar-refractivity contribution >= 4 is 17.8 Å². The van der Waals surface area contributed by atoms with Crippen molar-refractivity contribution in [3.05, 3.63) is 42.0 Å². The molecule has 0 aliphatic carbocycles. The molecule has 1 aliphatic rings. The number of urea groups is 1. The van der Waals surface area contributed by atoms with Crippen LogP contribution in [-0.2, 0) is 4.79 Å². The van der Waals surface area contributed by atoms with Gasteiger partial charge in [-0.25, -0.2) is 9.18 Å². The third kappa shape index (κ3) is 3.37. The number of hydrogen-bond acceptors (Lipinski definition) is 5. The number of halogens is 1. The number of hydrogen-bond donors (Lipinski definition) is 3. The Hall–Kier alpha value is -3.30. The van der Waals surface area contributed by atoms with Gasteiger partial charge in [0.25, 0.3) is 11.8 Å². The number of nitrogens with zero attached hydrogens (tertiary/aromatic N) is 3. The van der Waals surface area contributed by atoms with Crippen molar-refractivity contribution in [3.8, 4) is 5.69 Å². The molecule has 0 saturated carbocycles. The molecule has 0 bridgehead atoms. The molecule has 27 heavy (non-hydrogen) atoms.